The highest BCUT2D eigenvalue weighted by atomic mass is 16.4. The van der Waals surface area contributed by atoms with Crippen molar-refractivity contribution in [3.63, 3.8) is 0 Å². The molecular weight excluding hydrogens is 360 g/mol. The van der Waals surface area contributed by atoms with Crippen molar-refractivity contribution in [2.75, 3.05) is 39.3 Å². The third kappa shape index (κ3) is 26.5. The molecule has 0 saturated heterocycles. The Kier molecular flexibility index (Phi) is 37.9. The van der Waals surface area contributed by atoms with Crippen LogP contribution >= 0.6 is 0 Å². The number of hydrogen-bond donors (Lipinski definition) is 10. The Hall–Kier alpha value is -2.44. The van der Waals surface area contributed by atoms with Gasteiger partial charge in [0.05, 0.1) is 26.2 Å². The summed E-state index contributed by atoms with van der Waals surface area (Å²) in [6.45, 7) is -2.25. The normalized spacial score (nSPS) is 8.23. The molecule has 0 atom stereocenters. The molecule has 26 heavy (non-hydrogen) atoms. The second-order valence-electron chi connectivity index (χ2n) is 4.00. The fraction of sp³-hybridized carbons (Fsp3) is 0.600. The number of carbonyl (C=O) groups is 4. The minimum Gasteiger partial charge on any atom is -0.480 e. The highest BCUT2D eigenvalue weighted by Gasteiger charge is 2.17. The Bertz CT molecular complexity index is 340. The van der Waals surface area contributed by atoms with Crippen LogP contribution in [0.25, 0.3) is 0 Å². The van der Waals surface area contributed by atoms with Crippen molar-refractivity contribution >= 4 is 23.9 Å². The number of hydrogen-bond acceptors (Lipinski definition) is 12. The molecule has 0 spiro atoms. The molecule has 22 N–H and O–H groups in total. The lowest BCUT2D eigenvalue weighted by Gasteiger charge is -2.23. The summed E-state index contributed by atoms with van der Waals surface area (Å²) in [6, 6.07) is 0. The van der Waals surface area contributed by atoms with Gasteiger partial charge in [0.15, 0.2) is 0 Å². The first-order valence-corrected chi connectivity index (χ1v) is 5.52. The maximum absolute atomic E-state index is 10.6. The van der Waals surface area contributed by atoms with Crippen molar-refractivity contribution in [1.29, 1.82) is 0 Å². The molecule has 0 aromatic carbocycles. The van der Waals surface area contributed by atoms with Crippen LogP contribution in [0.5, 0.6) is 0 Å². The highest BCUT2D eigenvalue weighted by molar-refractivity contribution is 5.73. The zero-order valence-electron chi connectivity index (χ0n) is 14.8. The minimum atomic E-state index is -1.23. The summed E-state index contributed by atoms with van der Waals surface area (Å²) in [4.78, 5) is 44.4. The van der Waals surface area contributed by atoms with E-state index in [0.29, 0.717) is 0 Å². The molecule has 0 aliphatic carbocycles. The van der Waals surface area contributed by atoms with Crippen molar-refractivity contribution in [3.05, 3.63) is 0 Å². The van der Waals surface area contributed by atoms with Gasteiger partial charge >= 0.3 is 23.9 Å². The van der Waals surface area contributed by atoms with E-state index in [2.05, 4.69) is 0 Å². The van der Waals surface area contributed by atoms with E-state index >= 15 is 0 Å². The van der Waals surface area contributed by atoms with E-state index in [1.165, 1.54) is 0 Å². The quantitative estimate of drug-likeness (QED) is 0.207. The molecule has 16 heteroatoms. The van der Waals surface area contributed by atoms with Crippen molar-refractivity contribution in [2.45, 2.75) is 0 Å². The maximum Gasteiger partial charge on any atom is 0.317 e. The number of aliphatic carboxylic acids is 4. The first kappa shape index (κ1) is 43.7. The van der Waals surface area contributed by atoms with Crippen LogP contribution in [0.3, 0.4) is 0 Å². The molecule has 0 fully saturated rings. The third-order valence-corrected chi connectivity index (χ3v) is 2.17. The van der Waals surface area contributed by atoms with Crippen molar-refractivity contribution in [2.24, 2.45) is 0 Å². The summed E-state index contributed by atoms with van der Waals surface area (Å²) < 4.78 is 0. The van der Waals surface area contributed by atoms with Gasteiger partial charge in [0.2, 0.25) is 0 Å². The molecule has 0 heterocycles. The molecule has 0 aromatic rings. The van der Waals surface area contributed by atoms with Gasteiger partial charge in [-0.15, -0.1) is 0 Å². The third-order valence-electron chi connectivity index (χ3n) is 2.17. The van der Waals surface area contributed by atoms with Gasteiger partial charge in [-0.25, -0.2) is 0 Å². The van der Waals surface area contributed by atoms with Crippen LogP contribution in [-0.2, 0) is 19.2 Å². The van der Waals surface area contributed by atoms with Crippen LogP contribution in [0.2, 0.25) is 0 Å². The average molecular weight is 398 g/mol. The number of nitrogens with zero attached hydrogens (tertiary/aromatic N) is 2. The van der Waals surface area contributed by atoms with Crippen LogP contribution in [0.15, 0.2) is 0 Å². The SMILES string of the molecule is N.N.N.N.N.N.O=C(O)CN(CCN(CC(=O)O)CC(=O)O)CC(=O)O.[HH].[HH]. The Morgan fingerprint density at radius 1 is 0.500 bits per heavy atom. The van der Waals surface area contributed by atoms with Crippen LogP contribution in [-0.4, -0.2) is 93.4 Å². The van der Waals surface area contributed by atoms with E-state index in [1.807, 2.05) is 0 Å². The van der Waals surface area contributed by atoms with Crippen molar-refractivity contribution in [1.82, 2.24) is 46.7 Å². The standard InChI is InChI=1S/C10H16N2O8.6H3N.2H2/c13-7(14)3-11(4-8(15)16)1-2-12(5-9(17)18)6-10(19)20;;;;;;;;/h1-6H2,(H,13,14)(H,15,16)(H,17,18)(H,19,20);6*1H3;2*1H. The van der Waals surface area contributed by atoms with E-state index in [1.54, 1.807) is 0 Å². The molecule has 0 unspecified atom stereocenters. The topological polar surface area (TPSA) is 366 Å². The molecule has 16 nitrogen and oxygen atoms in total. The first-order chi connectivity index (χ1) is 9.20. The zero-order valence-corrected chi connectivity index (χ0v) is 14.8. The van der Waals surface area contributed by atoms with Crippen LogP contribution < -0.4 is 36.9 Å². The van der Waals surface area contributed by atoms with E-state index in [0.717, 1.165) is 9.80 Å². The summed E-state index contributed by atoms with van der Waals surface area (Å²) in [7, 11) is 0. The molecule has 0 aliphatic rings. The molecule has 0 bridgehead atoms. The first-order valence-electron chi connectivity index (χ1n) is 5.52. The van der Waals surface area contributed by atoms with Crippen LogP contribution in [0.1, 0.15) is 2.85 Å². The van der Waals surface area contributed by atoms with Gasteiger partial charge in [0, 0.05) is 15.9 Å². The van der Waals surface area contributed by atoms with Gasteiger partial charge in [-0.05, 0) is 0 Å². The number of carboxylic acids is 4. The van der Waals surface area contributed by atoms with Gasteiger partial charge in [-0.3, -0.25) is 29.0 Å². The molecule has 0 rings (SSSR count). The van der Waals surface area contributed by atoms with Gasteiger partial charge in [-0.1, -0.05) is 0 Å². The molecule has 0 aromatic heterocycles. The van der Waals surface area contributed by atoms with Crippen LogP contribution in [0, 0.1) is 0 Å². The fourth-order valence-corrected chi connectivity index (χ4v) is 1.48. The smallest absolute Gasteiger partial charge is 0.317 e. The Morgan fingerprint density at radius 2 is 0.654 bits per heavy atom. The summed E-state index contributed by atoms with van der Waals surface area (Å²) in [5, 5.41) is 34.5. The molecule has 0 saturated carbocycles. The molecule has 166 valence electrons. The van der Waals surface area contributed by atoms with Gasteiger partial charge < -0.3 is 57.3 Å². The van der Waals surface area contributed by atoms with Crippen molar-refractivity contribution < 1.29 is 42.5 Å². The number of rotatable bonds is 11. The van der Waals surface area contributed by atoms with Crippen LogP contribution in [0.4, 0.5) is 0 Å². The predicted octanol–water partition coefficient (Wildman–Crippen LogP) is -0.607. The van der Waals surface area contributed by atoms with E-state index in [-0.39, 0.29) is 52.8 Å². The lowest BCUT2D eigenvalue weighted by atomic mass is 10.4. The second kappa shape index (κ2) is 22.6. The van der Waals surface area contributed by atoms with E-state index < -0.39 is 50.1 Å². The van der Waals surface area contributed by atoms with E-state index in [4.69, 9.17) is 20.4 Å². The Labute approximate surface area is 153 Å². The lowest BCUT2D eigenvalue weighted by Crippen LogP contribution is -2.43. The number of carboxylic acid groups (broad SMARTS) is 4. The largest absolute Gasteiger partial charge is 0.480 e. The summed E-state index contributed by atoms with van der Waals surface area (Å²) in [5.41, 5.74) is 0. The summed E-state index contributed by atoms with van der Waals surface area (Å²) in [6.07, 6.45) is 0. The summed E-state index contributed by atoms with van der Waals surface area (Å²) in [5.74, 6) is -4.91. The predicted molar refractivity (Wildman–Crippen MR) is 97.8 cm³/mol. The lowest BCUT2D eigenvalue weighted by molar-refractivity contribution is -0.145. The Morgan fingerprint density at radius 3 is 0.769 bits per heavy atom. The maximum atomic E-state index is 10.6. The second-order valence-corrected chi connectivity index (χ2v) is 4.00. The van der Waals surface area contributed by atoms with Gasteiger partial charge in [0.25, 0.3) is 0 Å². The van der Waals surface area contributed by atoms with Gasteiger partial charge in [-0.2, -0.15) is 0 Å². The average Bonchev–Trinajstić information content (AvgIpc) is 2.22. The molecule has 0 aliphatic heterocycles. The minimum absolute atomic E-state index is 0. The van der Waals surface area contributed by atoms with Crippen molar-refractivity contribution in [3.8, 4) is 0 Å². The molecular formula is C10H38N8O8. The zero-order chi connectivity index (χ0) is 15.7. The fourth-order valence-electron chi connectivity index (χ4n) is 1.48. The molecule has 0 amide bonds. The van der Waals surface area contributed by atoms with E-state index in [9.17, 15) is 19.2 Å². The highest BCUT2D eigenvalue weighted by Crippen LogP contribution is 1.94. The summed E-state index contributed by atoms with van der Waals surface area (Å²) >= 11 is 0. The molecule has 0 radical (unpaired) electrons. The Balaban J connectivity index is -0.0000000645. The monoisotopic (exact) mass is 398 g/mol. The van der Waals surface area contributed by atoms with Gasteiger partial charge in [0.1, 0.15) is 0 Å².